The van der Waals surface area contributed by atoms with Gasteiger partial charge in [0.25, 0.3) is 0 Å². The number of aliphatic hydroxyl groups excluding tert-OH is 4. The average molecular weight is 420 g/mol. The highest BCUT2D eigenvalue weighted by Gasteiger charge is 2.44. The number of hydrogen-bond donors (Lipinski definition) is 5. The van der Waals surface area contributed by atoms with Crippen LogP contribution in [0.3, 0.4) is 0 Å². The number of carboxylic acids is 1. The second-order valence-corrected chi connectivity index (χ2v) is 7.04. The highest BCUT2D eigenvalue weighted by Crippen LogP contribution is 2.38. The van der Waals surface area contributed by atoms with Gasteiger partial charge in [-0.25, -0.2) is 4.79 Å². The van der Waals surface area contributed by atoms with E-state index in [-0.39, 0.29) is 11.3 Å². The van der Waals surface area contributed by atoms with Gasteiger partial charge in [0, 0.05) is 0 Å². The summed E-state index contributed by atoms with van der Waals surface area (Å²) >= 11 is 0. The van der Waals surface area contributed by atoms with E-state index in [1.165, 1.54) is 19.2 Å². The summed E-state index contributed by atoms with van der Waals surface area (Å²) < 4.78 is 16.8. The molecule has 0 radical (unpaired) electrons. The topological polar surface area (TPSA) is 146 Å². The average Bonchev–Trinajstić information content (AvgIpc) is 2.72. The maximum absolute atomic E-state index is 11.2. The van der Waals surface area contributed by atoms with Crippen LogP contribution in [0.2, 0.25) is 0 Å². The molecular weight excluding hydrogens is 396 g/mol. The molecule has 5 atom stereocenters. The third-order valence-electron chi connectivity index (χ3n) is 5.06. The van der Waals surface area contributed by atoms with E-state index >= 15 is 0 Å². The number of methoxy groups -OCH3 is 1. The van der Waals surface area contributed by atoms with Gasteiger partial charge in [0.2, 0.25) is 0 Å². The van der Waals surface area contributed by atoms with Crippen molar-refractivity contribution in [3.63, 3.8) is 0 Å². The molecule has 2 aromatic carbocycles. The minimum atomic E-state index is -1.50. The molecule has 1 heterocycles. The number of ether oxygens (including phenoxy) is 3. The number of aliphatic hydroxyl groups is 4. The molecule has 1 fully saturated rings. The molecule has 9 heteroatoms. The van der Waals surface area contributed by atoms with Gasteiger partial charge in [0.15, 0.2) is 11.5 Å². The Kier molecular flexibility index (Phi) is 6.59. The summed E-state index contributed by atoms with van der Waals surface area (Å²) in [4.78, 5) is 11.2. The zero-order valence-electron chi connectivity index (χ0n) is 16.4. The van der Waals surface area contributed by atoms with Crippen LogP contribution in [0.25, 0.3) is 0 Å². The van der Waals surface area contributed by atoms with Gasteiger partial charge in [0.05, 0.1) is 19.3 Å². The monoisotopic (exact) mass is 420 g/mol. The molecule has 0 aliphatic carbocycles. The van der Waals surface area contributed by atoms with E-state index in [0.717, 1.165) is 0 Å². The van der Waals surface area contributed by atoms with Crippen molar-refractivity contribution < 1.29 is 44.5 Å². The molecule has 0 aromatic heterocycles. The van der Waals surface area contributed by atoms with Gasteiger partial charge < -0.3 is 39.7 Å². The predicted octanol–water partition coefficient (Wildman–Crippen LogP) is 1.01. The minimum Gasteiger partial charge on any atom is -0.493 e. The Morgan fingerprint density at radius 1 is 1.03 bits per heavy atom. The fourth-order valence-corrected chi connectivity index (χ4v) is 3.39. The van der Waals surface area contributed by atoms with Crippen molar-refractivity contribution in [3.8, 4) is 17.2 Å². The minimum absolute atomic E-state index is 0.157. The van der Waals surface area contributed by atoms with Crippen LogP contribution in [0.1, 0.15) is 27.6 Å². The molecule has 162 valence electrons. The smallest absolute Gasteiger partial charge is 0.335 e. The van der Waals surface area contributed by atoms with Crippen LogP contribution < -0.4 is 9.47 Å². The third kappa shape index (κ3) is 4.25. The first-order valence-corrected chi connectivity index (χ1v) is 9.27. The van der Waals surface area contributed by atoms with E-state index in [0.29, 0.717) is 22.6 Å². The molecule has 1 aliphatic rings. The standard InChI is InChI=1S/C21H24O9/c1-10-7-12(4-5-13(10)21(26)27)29-15-8-11(3-6-14(15)28-2)20-19(25)18(24)17(23)16(9-22)30-20/h3-8,16-20,22-25H,9H2,1-2H3,(H,26,27)/t16-,17-,18+,19+,20-/m1/s1. The van der Waals surface area contributed by atoms with Crippen LogP contribution in [-0.4, -0.2) is 69.6 Å². The van der Waals surface area contributed by atoms with Crippen LogP contribution in [0.15, 0.2) is 36.4 Å². The van der Waals surface area contributed by atoms with Crippen molar-refractivity contribution in [2.75, 3.05) is 13.7 Å². The van der Waals surface area contributed by atoms with E-state index in [2.05, 4.69) is 0 Å². The lowest BCUT2D eigenvalue weighted by atomic mass is 9.91. The van der Waals surface area contributed by atoms with Gasteiger partial charge in [0.1, 0.15) is 36.3 Å². The van der Waals surface area contributed by atoms with Crippen molar-refractivity contribution in [2.24, 2.45) is 0 Å². The van der Waals surface area contributed by atoms with Crippen LogP contribution in [0.5, 0.6) is 17.2 Å². The Labute approximate surface area is 172 Å². The van der Waals surface area contributed by atoms with Crippen LogP contribution in [0.4, 0.5) is 0 Å². The first kappa shape index (κ1) is 22.0. The number of hydrogen-bond acceptors (Lipinski definition) is 8. The van der Waals surface area contributed by atoms with E-state index < -0.39 is 43.1 Å². The van der Waals surface area contributed by atoms with Crippen LogP contribution in [-0.2, 0) is 4.74 Å². The molecule has 30 heavy (non-hydrogen) atoms. The molecule has 0 amide bonds. The van der Waals surface area contributed by atoms with E-state index in [1.54, 1.807) is 31.2 Å². The van der Waals surface area contributed by atoms with Crippen molar-refractivity contribution in [1.82, 2.24) is 0 Å². The van der Waals surface area contributed by atoms with Crippen molar-refractivity contribution >= 4 is 5.97 Å². The Morgan fingerprint density at radius 3 is 2.37 bits per heavy atom. The summed E-state index contributed by atoms with van der Waals surface area (Å²) in [6.45, 7) is 1.12. The highest BCUT2D eigenvalue weighted by molar-refractivity contribution is 5.89. The molecule has 0 spiro atoms. The number of carbonyl (C=O) groups is 1. The second-order valence-electron chi connectivity index (χ2n) is 7.04. The Balaban J connectivity index is 1.92. The Hall–Kier alpha value is -2.69. The van der Waals surface area contributed by atoms with Crippen molar-refractivity contribution in [2.45, 2.75) is 37.4 Å². The zero-order valence-corrected chi connectivity index (χ0v) is 16.4. The fraction of sp³-hybridized carbons (Fsp3) is 0.381. The van der Waals surface area contributed by atoms with Gasteiger partial charge >= 0.3 is 5.97 Å². The van der Waals surface area contributed by atoms with E-state index in [1.807, 2.05) is 0 Å². The lowest BCUT2D eigenvalue weighted by molar-refractivity contribution is -0.231. The Bertz CT molecular complexity index is 911. The first-order valence-electron chi connectivity index (χ1n) is 9.27. The number of aryl methyl sites for hydroxylation is 1. The molecule has 0 unspecified atom stereocenters. The van der Waals surface area contributed by atoms with Gasteiger partial charge in [-0.15, -0.1) is 0 Å². The van der Waals surface area contributed by atoms with Crippen molar-refractivity contribution in [1.29, 1.82) is 0 Å². The maximum Gasteiger partial charge on any atom is 0.335 e. The fourth-order valence-electron chi connectivity index (χ4n) is 3.39. The number of rotatable bonds is 6. The molecule has 1 saturated heterocycles. The maximum atomic E-state index is 11.2. The quantitative estimate of drug-likeness (QED) is 0.462. The summed E-state index contributed by atoms with van der Waals surface area (Å²) in [5.74, 6) is -0.0132. The molecule has 5 N–H and O–H groups in total. The van der Waals surface area contributed by atoms with Gasteiger partial charge in [-0.2, -0.15) is 0 Å². The molecule has 2 aromatic rings. The summed E-state index contributed by atoms with van der Waals surface area (Å²) in [5.41, 5.74) is 1.11. The number of carboxylic acid groups (broad SMARTS) is 1. The molecule has 9 nitrogen and oxygen atoms in total. The predicted molar refractivity (Wildman–Crippen MR) is 104 cm³/mol. The number of aromatic carboxylic acids is 1. The highest BCUT2D eigenvalue weighted by atomic mass is 16.5. The molecule has 1 aliphatic heterocycles. The second kappa shape index (κ2) is 8.99. The van der Waals surface area contributed by atoms with Crippen LogP contribution in [0, 0.1) is 6.92 Å². The molecule has 0 saturated carbocycles. The third-order valence-corrected chi connectivity index (χ3v) is 5.06. The van der Waals surface area contributed by atoms with Gasteiger partial charge in [-0.05, 0) is 48.4 Å². The lowest BCUT2D eigenvalue weighted by Crippen LogP contribution is -2.55. The lowest BCUT2D eigenvalue weighted by Gasteiger charge is -2.40. The van der Waals surface area contributed by atoms with Gasteiger partial charge in [-0.3, -0.25) is 0 Å². The zero-order chi connectivity index (χ0) is 22.0. The normalized spacial score (nSPS) is 26.3. The SMILES string of the molecule is COc1ccc([C@H]2O[C@H](CO)[C@@H](O)[C@H](O)[C@@H]2O)cc1Oc1ccc(C(=O)O)c(C)c1. The summed E-state index contributed by atoms with van der Waals surface area (Å²) in [6, 6.07) is 9.26. The molecule has 3 rings (SSSR count). The molecular formula is C21H24O9. The van der Waals surface area contributed by atoms with Crippen molar-refractivity contribution in [3.05, 3.63) is 53.1 Å². The first-order chi connectivity index (χ1) is 14.3. The number of benzene rings is 2. The van der Waals surface area contributed by atoms with Crippen LogP contribution >= 0.6 is 0 Å². The summed E-state index contributed by atoms with van der Waals surface area (Å²) in [7, 11) is 1.45. The molecule has 0 bridgehead atoms. The van der Waals surface area contributed by atoms with E-state index in [4.69, 9.17) is 19.3 Å². The van der Waals surface area contributed by atoms with E-state index in [9.17, 15) is 25.2 Å². The Morgan fingerprint density at radius 2 is 1.77 bits per heavy atom. The van der Waals surface area contributed by atoms with Gasteiger partial charge in [-0.1, -0.05) is 6.07 Å². The summed E-state index contributed by atoms with van der Waals surface area (Å²) in [5, 5.41) is 48.9. The summed E-state index contributed by atoms with van der Waals surface area (Å²) in [6.07, 6.45) is -6.44. The largest absolute Gasteiger partial charge is 0.493 e.